The molecule has 0 saturated heterocycles. The third-order valence-corrected chi connectivity index (χ3v) is 3.19. The summed E-state index contributed by atoms with van der Waals surface area (Å²) in [6, 6.07) is 7.03. The lowest BCUT2D eigenvalue weighted by Gasteiger charge is -2.25. The molecular formula is C17H23N3O5. The number of anilines is 1. The zero-order valence-corrected chi connectivity index (χ0v) is 14.5. The number of fused-ring (bicyclic) bond motifs is 1. The maximum absolute atomic E-state index is 12.0. The third kappa shape index (κ3) is 5.98. The second-order valence-corrected chi connectivity index (χ2v) is 6.57. The van der Waals surface area contributed by atoms with Crippen LogP contribution in [-0.4, -0.2) is 42.7 Å². The Morgan fingerprint density at radius 2 is 1.88 bits per heavy atom. The van der Waals surface area contributed by atoms with Crippen molar-refractivity contribution >= 4 is 23.6 Å². The molecule has 3 amide bonds. The number of ether oxygens (including phenoxy) is 2. The fourth-order valence-corrected chi connectivity index (χ4v) is 2.15. The largest absolute Gasteiger partial charge is 0.478 e. The van der Waals surface area contributed by atoms with Gasteiger partial charge in [-0.15, -0.1) is 0 Å². The van der Waals surface area contributed by atoms with E-state index in [2.05, 4.69) is 16.0 Å². The van der Waals surface area contributed by atoms with Gasteiger partial charge in [-0.1, -0.05) is 12.1 Å². The highest BCUT2D eigenvalue weighted by Gasteiger charge is 2.29. The number of amides is 3. The molecule has 1 aromatic rings. The van der Waals surface area contributed by atoms with E-state index in [0.717, 1.165) is 0 Å². The van der Waals surface area contributed by atoms with Gasteiger partial charge in [-0.3, -0.25) is 9.59 Å². The first kappa shape index (κ1) is 18.6. The average Bonchev–Trinajstić information content (AvgIpc) is 2.50. The molecule has 1 atom stereocenters. The molecule has 1 heterocycles. The van der Waals surface area contributed by atoms with Crippen LogP contribution < -0.4 is 20.7 Å². The average molecular weight is 349 g/mol. The number of alkyl carbamates (subject to hydrolysis) is 1. The standard InChI is InChI=1S/C17H23N3O5/c1-17(2,3)25-16(23)19-9-8-18-14(21)10-13-15(22)20-11-6-4-5-7-12(11)24-13/h4-7,13H,8-10H2,1-3H3,(H,18,21)(H,19,23)(H,20,22). The summed E-state index contributed by atoms with van der Waals surface area (Å²) in [6.45, 7) is 5.75. The molecule has 0 bridgehead atoms. The Hall–Kier alpha value is -2.77. The van der Waals surface area contributed by atoms with Crippen LogP contribution in [0.25, 0.3) is 0 Å². The summed E-state index contributed by atoms with van der Waals surface area (Å²) >= 11 is 0. The van der Waals surface area contributed by atoms with Gasteiger partial charge in [0.1, 0.15) is 11.4 Å². The van der Waals surface area contributed by atoms with Crippen molar-refractivity contribution < 1.29 is 23.9 Å². The second kappa shape index (κ2) is 7.87. The van der Waals surface area contributed by atoms with Gasteiger partial charge in [0.25, 0.3) is 5.91 Å². The maximum Gasteiger partial charge on any atom is 0.407 e. The van der Waals surface area contributed by atoms with Crippen molar-refractivity contribution in [3.63, 3.8) is 0 Å². The fraction of sp³-hybridized carbons (Fsp3) is 0.471. The zero-order valence-electron chi connectivity index (χ0n) is 14.5. The first-order valence-electron chi connectivity index (χ1n) is 8.05. The van der Waals surface area contributed by atoms with E-state index in [4.69, 9.17) is 9.47 Å². The summed E-state index contributed by atoms with van der Waals surface area (Å²) in [6.07, 6.45) is -1.53. The number of carbonyl (C=O) groups excluding carboxylic acids is 3. The van der Waals surface area contributed by atoms with Crippen LogP contribution in [0.3, 0.4) is 0 Å². The summed E-state index contributed by atoms with van der Waals surface area (Å²) < 4.78 is 10.6. The van der Waals surface area contributed by atoms with Crippen molar-refractivity contribution in [2.45, 2.75) is 38.9 Å². The lowest BCUT2D eigenvalue weighted by Crippen LogP contribution is -2.42. The first-order valence-corrected chi connectivity index (χ1v) is 8.05. The van der Waals surface area contributed by atoms with Crippen LogP contribution in [0.2, 0.25) is 0 Å². The Bertz CT molecular complexity index is 654. The molecule has 1 unspecified atom stereocenters. The van der Waals surface area contributed by atoms with E-state index in [1.807, 2.05) is 0 Å². The molecule has 1 aliphatic heterocycles. The van der Waals surface area contributed by atoms with Crippen LogP contribution in [0, 0.1) is 0 Å². The summed E-state index contributed by atoms with van der Waals surface area (Å²) in [5.41, 5.74) is 0.0145. The van der Waals surface area contributed by atoms with E-state index in [1.54, 1.807) is 45.0 Å². The van der Waals surface area contributed by atoms with Crippen molar-refractivity contribution in [2.75, 3.05) is 18.4 Å². The highest BCUT2D eigenvalue weighted by molar-refractivity contribution is 5.99. The molecule has 3 N–H and O–H groups in total. The van der Waals surface area contributed by atoms with E-state index in [9.17, 15) is 14.4 Å². The Labute approximate surface area is 146 Å². The van der Waals surface area contributed by atoms with Crippen LogP contribution >= 0.6 is 0 Å². The van der Waals surface area contributed by atoms with Gasteiger partial charge in [0, 0.05) is 13.1 Å². The Morgan fingerprint density at radius 3 is 2.60 bits per heavy atom. The van der Waals surface area contributed by atoms with Crippen LogP contribution in [0.4, 0.5) is 10.5 Å². The zero-order chi connectivity index (χ0) is 18.4. The van der Waals surface area contributed by atoms with Crippen molar-refractivity contribution in [3.8, 4) is 5.75 Å². The molecule has 136 valence electrons. The molecule has 0 aliphatic carbocycles. The summed E-state index contributed by atoms with van der Waals surface area (Å²) in [5, 5.41) is 7.86. The number of rotatable bonds is 5. The molecule has 8 nitrogen and oxygen atoms in total. The van der Waals surface area contributed by atoms with Gasteiger partial charge >= 0.3 is 6.09 Å². The predicted octanol–water partition coefficient (Wildman–Crippen LogP) is 1.42. The summed E-state index contributed by atoms with van der Waals surface area (Å²) in [5.74, 6) is -0.169. The Balaban J connectivity index is 1.71. The number of benzene rings is 1. The topological polar surface area (TPSA) is 106 Å². The minimum Gasteiger partial charge on any atom is -0.478 e. The van der Waals surface area contributed by atoms with E-state index in [1.165, 1.54) is 0 Å². The van der Waals surface area contributed by atoms with Crippen molar-refractivity contribution in [3.05, 3.63) is 24.3 Å². The monoisotopic (exact) mass is 349 g/mol. The van der Waals surface area contributed by atoms with Gasteiger partial charge in [0.15, 0.2) is 6.10 Å². The lowest BCUT2D eigenvalue weighted by molar-refractivity contribution is -0.130. The predicted molar refractivity (Wildman–Crippen MR) is 91.4 cm³/mol. The van der Waals surface area contributed by atoms with Crippen LogP contribution in [0.5, 0.6) is 5.75 Å². The van der Waals surface area contributed by atoms with E-state index in [0.29, 0.717) is 11.4 Å². The quantitative estimate of drug-likeness (QED) is 0.697. The molecule has 0 fully saturated rings. The molecule has 0 aromatic heterocycles. The first-order chi connectivity index (χ1) is 11.7. The summed E-state index contributed by atoms with van der Waals surface area (Å²) in [4.78, 5) is 35.3. The van der Waals surface area contributed by atoms with Crippen LogP contribution in [-0.2, 0) is 14.3 Å². The SMILES string of the molecule is CC(C)(C)OC(=O)NCCNC(=O)CC1Oc2ccccc2NC1=O. The molecular weight excluding hydrogens is 326 g/mol. The van der Waals surface area contributed by atoms with Gasteiger partial charge in [-0.2, -0.15) is 0 Å². The van der Waals surface area contributed by atoms with Gasteiger partial charge < -0.3 is 25.4 Å². The number of hydrogen-bond acceptors (Lipinski definition) is 5. The minimum atomic E-state index is -0.881. The molecule has 1 aromatic carbocycles. The van der Waals surface area contributed by atoms with Gasteiger partial charge in [-0.05, 0) is 32.9 Å². The number of carbonyl (C=O) groups is 3. The maximum atomic E-state index is 12.0. The van der Waals surface area contributed by atoms with Crippen molar-refractivity contribution in [2.24, 2.45) is 0 Å². The summed E-state index contributed by atoms with van der Waals surface area (Å²) in [7, 11) is 0. The van der Waals surface area contributed by atoms with E-state index in [-0.39, 0.29) is 31.3 Å². The van der Waals surface area contributed by atoms with Gasteiger partial charge in [0.05, 0.1) is 12.1 Å². The van der Waals surface area contributed by atoms with Crippen molar-refractivity contribution in [1.82, 2.24) is 10.6 Å². The lowest BCUT2D eigenvalue weighted by atomic mass is 10.1. The second-order valence-electron chi connectivity index (χ2n) is 6.57. The molecule has 1 aliphatic rings. The number of hydrogen-bond donors (Lipinski definition) is 3. The normalized spacial score (nSPS) is 16.1. The number of nitrogens with one attached hydrogen (secondary N) is 3. The fourth-order valence-electron chi connectivity index (χ4n) is 2.15. The molecule has 25 heavy (non-hydrogen) atoms. The molecule has 8 heteroatoms. The van der Waals surface area contributed by atoms with Crippen molar-refractivity contribution in [1.29, 1.82) is 0 Å². The van der Waals surface area contributed by atoms with E-state index >= 15 is 0 Å². The molecule has 0 saturated carbocycles. The highest BCUT2D eigenvalue weighted by Crippen LogP contribution is 2.29. The van der Waals surface area contributed by atoms with Gasteiger partial charge in [0.2, 0.25) is 5.91 Å². The molecule has 0 radical (unpaired) electrons. The number of para-hydroxylation sites is 2. The van der Waals surface area contributed by atoms with Crippen LogP contribution in [0.1, 0.15) is 27.2 Å². The van der Waals surface area contributed by atoms with Gasteiger partial charge in [-0.25, -0.2) is 4.79 Å². The van der Waals surface area contributed by atoms with Crippen LogP contribution in [0.15, 0.2) is 24.3 Å². The molecule has 2 rings (SSSR count). The van der Waals surface area contributed by atoms with E-state index < -0.39 is 17.8 Å². The highest BCUT2D eigenvalue weighted by atomic mass is 16.6. The smallest absolute Gasteiger partial charge is 0.407 e. The minimum absolute atomic E-state index is 0.105. The Morgan fingerprint density at radius 1 is 1.20 bits per heavy atom. The third-order valence-electron chi connectivity index (χ3n) is 3.19. The molecule has 0 spiro atoms. The Kier molecular flexibility index (Phi) is 5.84.